The SMILES string of the molecule is Cn1ccc2ccc(CNC3=CC(=O)N(C4CCC(=O)NC4=O)C3=O)cc21. The number of hydrogen-bond donors (Lipinski definition) is 2. The molecule has 4 rings (SSSR count). The third-order valence-corrected chi connectivity index (χ3v) is 4.91. The van der Waals surface area contributed by atoms with E-state index < -0.39 is 29.7 Å². The Kier molecular flexibility index (Phi) is 4.02. The number of aryl methyl sites for hydroxylation is 1. The van der Waals surface area contributed by atoms with Crippen LogP contribution in [0.25, 0.3) is 10.9 Å². The van der Waals surface area contributed by atoms with Gasteiger partial charge in [-0.3, -0.25) is 29.4 Å². The van der Waals surface area contributed by atoms with Crippen LogP contribution in [0.4, 0.5) is 0 Å². The molecule has 27 heavy (non-hydrogen) atoms. The van der Waals surface area contributed by atoms with Gasteiger partial charge in [0.1, 0.15) is 11.7 Å². The average Bonchev–Trinajstić information content (AvgIpc) is 3.13. The molecular formula is C19H18N4O4. The van der Waals surface area contributed by atoms with Crippen molar-refractivity contribution in [2.45, 2.75) is 25.4 Å². The molecule has 2 aliphatic rings. The molecular weight excluding hydrogens is 348 g/mol. The van der Waals surface area contributed by atoms with E-state index in [9.17, 15) is 19.2 Å². The fourth-order valence-corrected chi connectivity index (χ4v) is 3.45. The minimum absolute atomic E-state index is 0.104. The normalized spacial score (nSPS) is 20.3. The first-order valence-corrected chi connectivity index (χ1v) is 8.65. The molecule has 1 saturated heterocycles. The molecule has 2 aliphatic heterocycles. The number of carbonyl (C=O) groups is 4. The molecule has 1 unspecified atom stereocenters. The third-order valence-electron chi connectivity index (χ3n) is 4.91. The van der Waals surface area contributed by atoms with Gasteiger partial charge < -0.3 is 9.88 Å². The quantitative estimate of drug-likeness (QED) is 0.760. The van der Waals surface area contributed by atoms with Crippen molar-refractivity contribution in [2.24, 2.45) is 7.05 Å². The highest BCUT2D eigenvalue weighted by molar-refractivity contribution is 6.18. The van der Waals surface area contributed by atoms with Crippen molar-refractivity contribution in [3.8, 4) is 0 Å². The Morgan fingerprint density at radius 1 is 1.19 bits per heavy atom. The molecule has 2 N–H and O–H groups in total. The van der Waals surface area contributed by atoms with Crippen molar-refractivity contribution < 1.29 is 19.2 Å². The van der Waals surface area contributed by atoms with Gasteiger partial charge in [-0.05, 0) is 29.5 Å². The van der Waals surface area contributed by atoms with E-state index in [2.05, 4.69) is 10.6 Å². The minimum Gasteiger partial charge on any atom is -0.376 e. The summed E-state index contributed by atoms with van der Waals surface area (Å²) in [5.41, 5.74) is 2.18. The lowest BCUT2D eigenvalue weighted by molar-refractivity contribution is -0.149. The van der Waals surface area contributed by atoms with Gasteiger partial charge >= 0.3 is 0 Å². The fourth-order valence-electron chi connectivity index (χ4n) is 3.45. The van der Waals surface area contributed by atoms with E-state index in [1.54, 1.807) is 0 Å². The molecule has 8 heteroatoms. The zero-order valence-electron chi connectivity index (χ0n) is 14.7. The maximum atomic E-state index is 12.6. The van der Waals surface area contributed by atoms with Crippen molar-refractivity contribution in [2.75, 3.05) is 0 Å². The van der Waals surface area contributed by atoms with E-state index in [1.165, 1.54) is 6.08 Å². The van der Waals surface area contributed by atoms with E-state index in [-0.39, 0.29) is 18.5 Å². The number of amides is 4. The monoisotopic (exact) mass is 366 g/mol. The molecule has 1 atom stereocenters. The van der Waals surface area contributed by atoms with Crippen LogP contribution in [0.1, 0.15) is 18.4 Å². The highest BCUT2D eigenvalue weighted by Gasteiger charge is 2.42. The van der Waals surface area contributed by atoms with Crippen LogP contribution in [0.5, 0.6) is 0 Å². The number of hydrogen-bond acceptors (Lipinski definition) is 5. The highest BCUT2D eigenvalue weighted by atomic mass is 16.2. The lowest BCUT2D eigenvalue weighted by Gasteiger charge is -2.28. The van der Waals surface area contributed by atoms with Gasteiger partial charge in [0.25, 0.3) is 11.8 Å². The van der Waals surface area contributed by atoms with Crippen LogP contribution in [0.3, 0.4) is 0 Å². The van der Waals surface area contributed by atoms with Gasteiger partial charge in [-0.1, -0.05) is 12.1 Å². The first kappa shape index (κ1) is 17.0. The number of imide groups is 2. The number of nitrogens with one attached hydrogen (secondary N) is 2. The first-order chi connectivity index (χ1) is 12.9. The second kappa shape index (κ2) is 6.39. The molecule has 0 saturated carbocycles. The Bertz CT molecular complexity index is 1020. The van der Waals surface area contributed by atoms with Crippen LogP contribution in [0.2, 0.25) is 0 Å². The summed E-state index contributed by atoms with van der Waals surface area (Å²) in [6.45, 7) is 0.370. The molecule has 2 aromatic rings. The van der Waals surface area contributed by atoms with E-state index in [4.69, 9.17) is 0 Å². The molecule has 0 aliphatic carbocycles. The summed E-state index contributed by atoms with van der Waals surface area (Å²) >= 11 is 0. The van der Waals surface area contributed by atoms with Crippen molar-refractivity contribution in [1.82, 2.24) is 20.1 Å². The van der Waals surface area contributed by atoms with Crippen molar-refractivity contribution >= 4 is 34.5 Å². The second-order valence-corrected chi connectivity index (χ2v) is 6.71. The van der Waals surface area contributed by atoms with E-state index in [0.29, 0.717) is 6.54 Å². The molecule has 1 aromatic heterocycles. The number of rotatable bonds is 4. The van der Waals surface area contributed by atoms with Gasteiger partial charge in [-0.15, -0.1) is 0 Å². The van der Waals surface area contributed by atoms with Gasteiger partial charge in [0.05, 0.1) is 0 Å². The van der Waals surface area contributed by atoms with Crippen LogP contribution in [0.15, 0.2) is 42.2 Å². The maximum absolute atomic E-state index is 12.6. The molecule has 0 radical (unpaired) electrons. The molecule has 0 spiro atoms. The standard InChI is InChI=1S/C19H18N4O4/c1-22-7-6-12-3-2-11(8-15(12)22)10-20-13-9-17(25)23(19(13)27)14-4-5-16(24)21-18(14)26/h2-3,6-9,14,20H,4-5,10H2,1H3,(H,21,24,26). The van der Waals surface area contributed by atoms with E-state index in [0.717, 1.165) is 21.4 Å². The summed E-state index contributed by atoms with van der Waals surface area (Å²) in [7, 11) is 1.96. The lowest BCUT2D eigenvalue weighted by atomic mass is 10.0. The summed E-state index contributed by atoms with van der Waals surface area (Å²) in [5.74, 6) is -2.10. The summed E-state index contributed by atoms with van der Waals surface area (Å²) in [4.78, 5) is 49.0. The number of nitrogens with zero attached hydrogens (tertiary/aromatic N) is 2. The molecule has 8 nitrogen and oxygen atoms in total. The molecule has 0 bridgehead atoms. The summed E-state index contributed by atoms with van der Waals surface area (Å²) in [6.07, 6.45) is 3.43. The summed E-state index contributed by atoms with van der Waals surface area (Å²) < 4.78 is 2.01. The molecule has 3 heterocycles. The Hall–Kier alpha value is -3.42. The van der Waals surface area contributed by atoms with E-state index in [1.807, 2.05) is 42.1 Å². The highest BCUT2D eigenvalue weighted by Crippen LogP contribution is 2.21. The van der Waals surface area contributed by atoms with Gasteiger partial charge in [0.15, 0.2) is 0 Å². The largest absolute Gasteiger partial charge is 0.376 e. The van der Waals surface area contributed by atoms with Crippen LogP contribution in [-0.2, 0) is 32.8 Å². The molecule has 1 aromatic carbocycles. The number of piperidine rings is 1. The van der Waals surface area contributed by atoms with Gasteiger partial charge in [0, 0.05) is 37.8 Å². The predicted molar refractivity (Wildman–Crippen MR) is 95.9 cm³/mol. The van der Waals surface area contributed by atoms with Gasteiger partial charge in [-0.2, -0.15) is 0 Å². The molecule has 138 valence electrons. The summed E-state index contributed by atoms with van der Waals surface area (Å²) in [6, 6.07) is 7.04. The van der Waals surface area contributed by atoms with Crippen molar-refractivity contribution in [3.63, 3.8) is 0 Å². The maximum Gasteiger partial charge on any atom is 0.277 e. The average molecular weight is 366 g/mol. The van der Waals surface area contributed by atoms with E-state index >= 15 is 0 Å². The molecule has 4 amide bonds. The van der Waals surface area contributed by atoms with Crippen molar-refractivity contribution in [1.29, 1.82) is 0 Å². The third kappa shape index (κ3) is 2.99. The van der Waals surface area contributed by atoms with Gasteiger partial charge in [-0.25, -0.2) is 0 Å². The van der Waals surface area contributed by atoms with Crippen LogP contribution in [-0.4, -0.2) is 39.1 Å². The fraction of sp³-hybridized carbons (Fsp3) is 0.263. The van der Waals surface area contributed by atoms with Gasteiger partial charge in [0.2, 0.25) is 11.8 Å². The first-order valence-electron chi connectivity index (χ1n) is 8.65. The lowest BCUT2D eigenvalue weighted by Crippen LogP contribution is -2.54. The molecule has 1 fully saturated rings. The number of fused-ring (bicyclic) bond motifs is 1. The topological polar surface area (TPSA) is 101 Å². The zero-order chi connectivity index (χ0) is 19.1. The van der Waals surface area contributed by atoms with Crippen LogP contribution in [0, 0.1) is 0 Å². The predicted octanol–water partition coefficient (Wildman–Crippen LogP) is 0.326. The Morgan fingerprint density at radius 3 is 2.78 bits per heavy atom. The second-order valence-electron chi connectivity index (χ2n) is 6.71. The summed E-state index contributed by atoms with van der Waals surface area (Å²) in [5, 5.41) is 6.28. The Labute approximate surface area is 154 Å². The number of aromatic nitrogens is 1. The van der Waals surface area contributed by atoms with Crippen LogP contribution >= 0.6 is 0 Å². The Balaban J connectivity index is 1.46. The smallest absolute Gasteiger partial charge is 0.277 e. The minimum atomic E-state index is -0.946. The van der Waals surface area contributed by atoms with Crippen molar-refractivity contribution in [3.05, 3.63) is 47.8 Å². The van der Waals surface area contributed by atoms with Crippen LogP contribution < -0.4 is 10.6 Å². The Morgan fingerprint density at radius 2 is 2.00 bits per heavy atom. The number of benzene rings is 1. The number of carbonyl (C=O) groups excluding carboxylic acids is 4. The zero-order valence-corrected chi connectivity index (χ0v) is 14.7.